The SMILES string of the molecule is O=C1OCCN1C(=O)[C@@H](CCCc1ccccc1)c1ccccc1. The first kappa shape index (κ1) is 16.2. The number of carbonyl (C=O) groups excluding carboxylic acids is 2. The summed E-state index contributed by atoms with van der Waals surface area (Å²) in [6.07, 6.45) is 1.99. The Morgan fingerprint density at radius 2 is 1.71 bits per heavy atom. The molecule has 0 aliphatic carbocycles. The lowest BCUT2D eigenvalue weighted by Crippen LogP contribution is -2.35. The maximum atomic E-state index is 12.8. The standard InChI is InChI=1S/C20H21NO3/c22-19(21-14-15-24-20(21)23)18(17-11-5-2-6-12-17)13-7-10-16-8-3-1-4-9-16/h1-6,8-9,11-12,18H,7,10,13-15H2/t18-/m0/s1. The van der Waals surface area contributed by atoms with Crippen molar-refractivity contribution in [2.24, 2.45) is 0 Å². The molecule has 1 saturated heterocycles. The van der Waals surface area contributed by atoms with Crippen LogP contribution in [0.2, 0.25) is 0 Å². The van der Waals surface area contributed by atoms with Crippen LogP contribution in [0.3, 0.4) is 0 Å². The van der Waals surface area contributed by atoms with Crippen molar-refractivity contribution in [2.75, 3.05) is 13.2 Å². The summed E-state index contributed by atoms with van der Waals surface area (Å²) in [6, 6.07) is 19.9. The van der Waals surface area contributed by atoms with Crippen molar-refractivity contribution in [1.29, 1.82) is 0 Å². The summed E-state index contributed by atoms with van der Waals surface area (Å²) >= 11 is 0. The average Bonchev–Trinajstić information content (AvgIpc) is 3.06. The topological polar surface area (TPSA) is 46.6 Å². The normalized spacial score (nSPS) is 15.2. The maximum absolute atomic E-state index is 12.8. The van der Waals surface area contributed by atoms with E-state index in [1.165, 1.54) is 10.5 Å². The highest BCUT2D eigenvalue weighted by Gasteiger charge is 2.33. The molecule has 24 heavy (non-hydrogen) atoms. The highest BCUT2D eigenvalue weighted by Crippen LogP contribution is 2.26. The zero-order valence-electron chi connectivity index (χ0n) is 13.6. The molecular weight excluding hydrogens is 302 g/mol. The summed E-state index contributed by atoms with van der Waals surface area (Å²) in [5.41, 5.74) is 2.22. The molecule has 0 aromatic heterocycles. The molecule has 3 rings (SSSR count). The Hall–Kier alpha value is -2.62. The fraction of sp³-hybridized carbons (Fsp3) is 0.300. The van der Waals surface area contributed by atoms with Gasteiger partial charge in [0.15, 0.2) is 0 Å². The predicted octanol–water partition coefficient (Wildman–Crippen LogP) is 3.77. The Labute approximate surface area is 142 Å². The van der Waals surface area contributed by atoms with Gasteiger partial charge in [0.25, 0.3) is 0 Å². The number of benzene rings is 2. The van der Waals surface area contributed by atoms with E-state index in [1.54, 1.807) is 0 Å². The van der Waals surface area contributed by atoms with Crippen LogP contribution in [-0.4, -0.2) is 30.1 Å². The quantitative estimate of drug-likeness (QED) is 0.813. The van der Waals surface area contributed by atoms with Crippen molar-refractivity contribution in [1.82, 2.24) is 4.90 Å². The Kier molecular flexibility index (Phi) is 5.26. The van der Waals surface area contributed by atoms with Crippen LogP contribution in [-0.2, 0) is 16.0 Å². The summed E-state index contributed by atoms with van der Waals surface area (Å²) in [5.74, 6) is -0.461. The molecule has 4 heteroatoms. The second kappa shape index (κ2) is 7.77. The van der Waals surface area contributed by atoms with Gasteiger partial charge in [-0.05, 0) is 30.4 Å². The number of ether oxygens (including phenoxy) is 1. The number of hydrogen-bond donors (Lipinski definition) is 0. The minimum absolute atomic E-state index is 0.156. The number of rotatable bonds is 6. The third-order valence-corrected chi connectivity index (χ3v) is 4.33. The van der Waals surface area contributed by atoms with Crippen molar-refractivity contribution >= 4 is 12.0 Å². The zero-order chi connectivity index (χ0) is 16.8. The summed E-state index contributed by atoms with van der Waals surface area (Å²) < 4.78 is 4.91. The molecule has 1 fully saturated rings. The third-order valence-electron chi connectivity index (χ3n) is 4.33. The van der Waals surface area contributed by atoms with Gasteiger partial charge in [0.05, 0.1) is 12.5 Å². The van der Waals surface area contributed by atoms with Gasteiger partial charge in [0, 0.05) is 0 Å². The zero-order valence-corrected chi connectivity index (χ0v) is 13.6. The van der Waals surface area contributed by atoms with E-state index < -0.39 is 6.09 Å². The first-order chi connectivity index (χ1) is 11.8. The van der Waals surface area contributed by atoms with E-state index in [9.17, 15) is 9.59 Å². The Balaban J connectivity index is 1.70. The van der Waals surface area contributed by atoms with Crippen LogP contribution in [0.1, 0.15) is 29.9 Å². The van der Waals surface area contributed by atoms with Crippen LogP contribution in [0.5, 0.6) is 0 Å². The fourth-order valence-electron chi connectivity index (χ4n) is 3.05. The average molecular weight is 323 g/mol. The van der Waals surface area contributed by atoms with Crippen LogP contribution >= 0.6 is 0 Å². The van der Waals surface area contributed by atoms with Crippen molar-refractivity contribution in [3.05, 3.63) is 71.8 Å². The first-order valence-electron chi connectivity index (χ1n) is 8.33. The molecule has 124 valence electrons. The van der Waals surface area contributed by atoms with E-state index in [4.69, 9.17) is 4.74 Å². The highest BCUT2D eigenvalue weighted by molar-refractivity contribution is 5.96. The molecule has 4 nitrogen and oxygen atoms in total. The van der Waals surface area contributed by atoms with Crippen molar-refractivity contribution in [3.63, 3.8) is 0 Å². The number of carbonyl (C=O) groups is 2. The van der Waals surface area contributed by atoms with Gasteiger partial charge in [0.2, 0.25) is 5.91 Å². The lowest BCUT2D eigenvalue weighted by atomic mass is 9.91. The van der Waals surface area contributed by atoms with Gasteiger partial charge in [-0.1, -0.05) is 60.7 Å². The number of hydrogen-bond acceptors (Lipinski definition) is 3. The Morgan fingerprint density at radius 3 is 2.33 bits per heavy atom. The maximum Gasteiger partial charge on any atom is 0.416 e. The van der Waals surface area contributed by atoms with Crippen LogP contribution < -0.4 is 0 Å². The molecule has 0 N–H and O–H groups in total. The molecule has 0 bridgehead atoms. The van der Waals surface area contributed by atoms with Gasteiger partial charge in [-0.2, -0.15) is 0 Å². The van der Waals surface area contributed by atoms with Crippen molar-refractivity contribution < 1.29 is 14.3 Å². The lowest BCUT2D eigenvalue weighted by molar-refractivity contribution is -0.129. The molecule has 2 amide bonds. The van der Waals surface area contributed by atoms with Gasteiger partial charge in [-0.25, -0.2) is 9.69 Å². The van der Waals surface area contributed by atoms with Crippen LogP contribution in [0.25, 0.3) is 0 Å². The Bertz CT molecular complexity index is 685. The minimum Gasteiger partial charge on any atom is -0.447 e. The number of aryl methyl sites for hydroxylation is 1. The number of nitrogens with zero attached hydrogens (tertiary/aromatic N) is 1. The molecule has 2 aromatic carbocycles. The van der Waals surface area contributed by atoms with Gasteiger partial charge in [-0.3, -0.25) is 4.79 Å². The second-order valence-corrected chi connectivity index (χ2v) is 5.95. The van der Waals surface area contributed by atoms with Crippen LogP contribution in [0, 0.1) is 0 Å². The van der Waals surface area contributed by atoms with E-state index in [2.05, 4.69) is 12.1 Å². The largest absolute Gasteiger partial charge is 0.447 e. The van der Waals surface area contributed by atoms with Gasteiger partial charge in [-0.15, -0.1) is 0 Å². The van der Waals surface area contributed by atoms with E-state index in [0.717, 1.165) is 18.4 Å². The lowest BCUT2D eigenvalue weighted by Gasteiger charge is -2.20. The molecule has 1 aliphatic rings. The summed E-state index contributed by atoms with van der Waals surface area (Å²) in [6.45, 7) is 0.635. The summed E-state index contributed by atoms with van der Waals surface area (Å²) in [5, 5.41) is 0. The number of amides is 2. The van der Waals surface area contributed by atoms with E-state index >= 15 is 0 Å². The Morgan fingerprint density at radius 1 is 1.04 bits per heavy atom. The molecule has 0 spiro atoms. The molecule has 0 saturated carbocycles. The monoisotopic (exact) mass is 323 g/mol. The first-order valence-corrected chi connectivity index (χ1v) is 8.33. The fourth-order valence-corrected chi connectivity index (χ4v) is 3.05. The van der Waals surface area contributed by atoms with Crippen molar-refractivity contribution in [3.8, 4) is 0 Å². The predicted molar refractivity (Wildman–Crippen MR) is 91.6 cm³/mol. The molecule has 2 aromatic rings. The highest BCUT2D eigenvalue weighted by atomic mass is 16.6. The van der Waals surface area contributed by atoms with Gasteiger partial charge < -0.3 is 4.74 Å². The summed E-state index contributed by atoms with van der Waals surface area (Å²) in [7, 11) is 0. The van der Waals surface area contributed by atoms with E-state index in [-0.39, 0.29) is 18.4 Å². The molecule has 1 aliphatic heterocycles. The summed E-state index contributed by atoms with van der Waals surface area (Å²) in [4.78, 5) is 25.8. The second-order valence-electron chi connectivity index (χ2n) is 5.95. The molecule has 0 unspecified atom stereocenters. The van der Waals surface area contributed by atoms with Crippen LogP contribution in [0.4, 0.5) is 4.79 Å². The molecular formula is C20H21NO3. The van der Waals surface area contributed by atoms with E-state index in [1.807, 2.05) is 48.5 Å². The smallest absolute Gasteiger partial charge is 0.416 e. The third kappa shape index (κ3) is 3.82. The van der Waals surface area contributed by atoms with Gasteiger partial charge in [0.1, 0.15) is 6.61 Å². The number of imide groups is 1. The minimum atomic E-state index is -0.524. The van der Waals surface area contributed by atoms with Crippen molar-refractivity contribution in [2.45, 2.75) is 25.2 Å². The number of cyclic esters (lactones) is 1. The van der Waals surface area contributed by atoms with E-state index in [0.29, 0.717) is 13.0 Å². The molecule has 1 heterocycles. The van der Waals surface area contributed by atoms with Crippen LogP contribution in [0.15, 0.2) is 60.7 Å². The van der Waals surface area contributed by atoms with Gasteiger partial charge >= 0.3 is 6.09 Å². The molecule has 1 atom stereocenters. The molecule has 0 radical (unpaired) electrons.